The second-order valence-electron chi connectivity index (χ2n) is 10.5. The maximum absolute atomic E-state index is 13.9. The molecule has 4 heterocycles. The van der Waals surface area contributed by atoms with Crippen LogP contribution in [0.3, 0.4) is 0 Å². The maximum atomic E-state index is 13.9. The molecule has 0 saturated carbocycles. The number of aliphatic hydroxyl groups excluding tert-OH is 1. The third-order valence-electron chi connectivity index (χ3n) is 7.60. The molecule has 2 unspecified atom stereocenters. The lowest BCUT2D eigenvalue weighted by molar-refractivity contribution is -0.198. The standard InChI is InChI=1S/C30H24ClF4N7O3/c1-29(16-6-7-18(31)21(12-16)45-2)23-25(37-13-22(43)30(33,34)35)39-24(40-26(23)41-28(29)44)20-14-42-9-8-36-27(42)19(38-20)11-15-4-3-5-17(32)10-15/h3-10,12,14,22,43H,11,13H2,1-2H3,(H2,37,39,40,41,44). The first-order valence-corrected chi connectivity index (χ1v) is 13.9. The number of methoxy groups -OCH3 is 1. The minimum absolute atomic E-state index is 0.0321. The number of fused-ring (bicyclic) bond motifs is 2. The van der Waals surface area contributed by atoms with Crippen LogP contribution in [-0.4, -0.2) is 61.3 Å². The van der Waals surface area contributed by atoms with Crippen LogP contribution in [0.2, 0.25) is 5.02 Å². The number of halogens is 5. The molecule has 0 radical (unpaired) electrons. The largest absolute Gasteiger partial charge is 0.495 e. The fourth-order valence-electron chi connectivity index (χ4n) is 5.23. The average molecular weight is 642 g/mol. The lowest BCUT2D eigenvalue weighted by Gasteiger charge is -2.26. The Bertz CT molecular complexity index is 1950. The molecule has 6 rings (SSSR count). The number of hydrogen-bond acceptors (Lipinski definition) is 8. The van der Waals surface area contributed by atoms with Crippen LogP contribution in [0.25, 0.3) is 17.2 Å². The van der Waals surface area contributed by atoms with Gasteiger partial charge in [0.15, 0.2) is 17.6 Å². The molecule has 1 aliphatic rings. The number of amides is 1. The summed E-state index contributed by atoms with van der Waals surface area (Å²) in [5.74, 6) is -0.805. The summed E-state index contributed by atoms with van der Waals surface area (Å²) in [5, 5.41) is 15.4. The smallest absolute Gasteiger partial charge is 0.416 e. The molecule has 3 aromatic heterocycles. The van der Waals surface area contributed by atoms with Crippen molar-refractivity contribution in [3.63, 3.8) is 0 Å². The molecule has 0 fully saturated rings. The number of carbonyl (C=O) groups is 1. The average Bonchev–Trinajstić information content (AvgIpc) is 3.58. The Balaban J connectivity index is 1.50. The Morgan fingerprint density at radius 2 is 1.98 bits per heavy atom. The second-order valence-corrected chi connectivity index (χ2v) is 10.9. The highest BCUT2D eigenvalue weighted by Crippen LogP contribution is 2.47. The van der Waals surface area contributed by atoms with E-state index < -0.39 is 36.0 Å². The van der Waals surface area contributed by atoms with E-state index in [0.29, 0.717) is 22.5 Å². The fourth-order valence-corrected chi connectivity index (χ4v) is 5.43. The van der Waals surface area contributed by atoms with Crippen molar-refractivity contribution in [1.82, 2.24) is 24.3 Å². The van der Waals surface area contributed by atoms with Crippen LogP contribution < -0.4 is 15.4 Å². The monoisotopic (exact) mass is 641 g/mol. The molecular formula is C30H24ClF4N7O3. The van der Waals surface area contributed by atoms with Crippen molar-refractivity contribution in [3.8, 4) is 17.3 Å². The van der Waals surface area contributed by atoms with Crippen LogP contribution in [0, 0.1) is 5.82 Å². The van der Waals surface area contributed by atoms with Gasteiger partial charge in [-0.15, -0.1) is 0 Å². The number of aliphatic hydroxyl groups is 1. The molecule has 0 bridgehead atoms. The van der Waals surface area contributed by atoms with Gasteiger partial charge in [0, 0.05) is 25.0 Å². The summed E-state index contributed by atoms with van der Waals surface area (Å²) in [7, 11) is 1.41. The van der Waals surface area contributed by atoms with Gasteiger partial charge in [0.25, 0.3) is 0 Å². The molecule has 1 aliphatic heterocycles. The number of aromatic nitrogens is 5. The fraction of sp³-hybridized carbons (Fsp3) is 0.233. The van der Waals surface area contributed by atoms with Crippen LogP contribution in [0.5, 0.6) is 5.75 Å². The van der Waals surface area contributed by atoms with Crippen molar-refractivity contribution in [1.29, 1.82) is 0 Å². The van der Waals surface area contributed by atoms with Crippen LogP contribution >= 0.6 is 11.6 Å². The Hall–Kier alpha value is -4.82. The van der Waals surface area contributed by atoms with Crippen LogP contribution in [0.4, 0.5) is 29.2 Å². The number of rotatable bonds is 8. The van der Waals surface area contributed by atoms with Gasteiger partial charge in [-0.25, -0.2) is 24.3 Å². The first-order chi connectivity index (χ1) is 21.4. The van der Waals surface area contributed by atoms with Crippen LogP contribution in [0.15, 0.2) is 61.1 Å². The van der Waals surface area contributed by atoms with Gasteiger partial charge in [-0.2, -0.15) is 13.2 Å². The van der Waals surface area contributed by atoms with Crippen molar-refractivity contribution < 1.29 is 32.2 Å². The maximum Gasteiger partial charge on any atom is 0.416 e. The van der Waals surface area contributed by atoms with Gasteiger partial charge in [0.05, 0.1) is 29.9 Å². The molecule has 2 atom stereocenters. The van der Waals surface area contributed by atoms with E-state index in [2.05, 4.69) is 30.6 Å². The minimum Gasteiger partial charge on any atom is -0.495 e. The van der Waals surface area contributed by atoms with Gasteiger partial charge in [-0.1, -0.05) is 29.8 Å². The lowest BCUT2D eigenvalue weighted by Crippen LogP contribution is -2.36. The Morgan fingerprint density at radius 1 is 1.18 bits per heavy atom. The third-order valence-corrected chi connectivity index (χ3v) is 7.91. The molecule has 5 aromatic rings. The van der Waals surface area contributed by atoms with Crippen molar-refractivity contribution in [2.75, 3.05) is 24.3 Å². The van der Waals surface area contributed by atoms with Gasteiger partial charge in [-0.3, -0.25) is 4.79 Å². The zero-order valence-corrected chi connectivity index (χ0v) is 24.4. The molecule has 45 heavy (non-hydrogen) atoms. The van der Waals surface area contributed by atoms with E-state index in [1.807, 2.05) is 0 Å². The van der Waals surface area contributed by atoms with Crippen molar-refractivity contribution in [2.24, 2.45) is 0 Å². The van der Waals surface area contributed by atoms with E-state index in [1.54, 1.807) is 54.2 Å². The number of carbonyl (C=O) groups excluding carboxylic acids is 1. The number of hydrogen-bond donors (Lipinski definition) is 3. The van der Waals surface area contributed by atoms with Crippen molar-refractivity contribution in [2.45, 2.75) is 31.0 Å². The summed E-state index contributed by atoms with van der Waals surface area (Å²) in [6.45, 7) is 0.609. The number of nitrogens with one attached hydrogen (secondary N) is 2. The number of nitrogens with zero attached hydrogens (tertiary/aromatic N) is 5. The van der Waals surface area contributed by atoms with E-state index in [4.69, 9.17) is 16.3 Å². The quantitative estimate of drug-likeness (QED) is 0.198. The number of anilines is 2. The Labute approximate surface area is 258 Å². The number of benzene rings is 2. The molecule has 15 heteroatoms. The van der Waals surface area contributed by atoms with Gasteiger partial charge in [-0.05, 0) is 42.3 Å². The SMILES string of the molecule is COc1cc(C2(C)C(=O)Nc3nc(-c4cn5ccnc5c(Cc5cccc(F)c5)n4)nc(NCC(O)C(F)(F)F)c32)ccc1Cl. The zero-order chi connectivity index (χ0) is 32.1. The van der Waals surface area contributed by atoms with Gasteiger partial charge >= 0.3 is 6.18 Å². The molecule has 2 aromatic carbocycles. The molecule has 3 N–H and O–H groups in total. The van der Waals surface area contributed by atoms with Gasteiger partial charge in [0.1, 0.15) is 34.3 Å². The highest BCUT2D eigenvalue weighted by molar-refractivity contribution is 6.32. The third kappa shape index (κ3) is 5.51. The first-order valence-electron chi connectivity index (χ1n) is 13.5. The Kier molecular flexibility index (Phi) is 7.57. The molecule has 0 aliphatic carbocycles. The molecule has 232 valence electrons. The summed E-state index contributed by atoms with van der Waals surface area (Å²) in [6, 6.07) is 10.7. The number of ether oxygens (including phenoxy) is 1. The van der Waals surface area contributed by atoms with Crippen molar-refractivity contribution >= 4 is 34.8 Å². The highest BCUT2D eigenvalue weighted by atomic mass is 35.5. The van der Waals surface area contributed by atoms with Crippen molar-refractivity contribution in [3.05, 3.63) is 94.3 Å². The molecule has 1 amide bonds. The zero-order valence-electron chi connectivity index (χ0n) is 23.7. The van der Waals surface area contributed by atoms with Crippen LogP contribution in [-0.2, 0) is 16.6 Å². The van der Waals surface area contributed by atoms with E-state index >= 15 is 0 Å². The summed E-state index contributed by atoms with van der Waals surface area (Å²) in [4.78, 5) is 31.7. The van der Waals surface area contributed by atoms with E-state index in [0.717, 1.165) is 0 Å². The molecule has 10 nitrogen and oxygen atoms in total. The minimum atomic E-state index is -4.91. The normalized spacial score (nSPS) is 16.8. The predicted molar refractivity (Wildman–Crippen MR) is 157 cm³/mol. The van der Waals surface area contributed by atoms with E-state index in [9.17, 15) is 27.5 Å². The molecule has 0 spiro atoms. The summed E-state index contributed by atoms with van der Waals surface area (Å²) >= 11 is 6.21. The summed E-state index contributed by atoms with van der Waals surface area (Å²) in [5.41, 5.74) is 0.839. The first kappa shape index (κ1) is 30.2. The van der Waals surface area contributed by atoms with E-state index in [1.165, 1.54) is 25.3 Å². The van der Waals surface area contributed by atoms with Gasteiger partial charge in [0.2, 0.25) is 5.91 Å². The predicted octanol–water partition coefficient (Wildman–Crippen LogP) is 5.17. The lowest BCUT2D eigenvalue weighted by atomic mass is 9.77. The number of imidazole rings is 1. The number of alkyl halides is 3. The van der Waals surface area contributed by atoms with E-state index in [-0.39, 0.29) is 45.9 Å². The summed E-state index contributed by atoms with van der Waals surface area (Å²) < 4.78 is 60.7. The molecule has 0 saturated heterocycles. The van der Waals surface area contributed by atoms with Gasteiger partial charge < -0.3 is 24.9 Å². The second kappa shape index (κ2) is 11.3. The Morgan fingerprint density at radius 3 is 2.71 bits per heavy atom. The summed E-state index contributed by atoms with van der Waals surface area (Å²) in [6.07, 6.45) is -2.64. The van der Waals surface area contributed by atoms with Crippen LogP contribution in [0.1, 0.15) is 29.3 Å². The topological polar surface area (TPSA) is 127 Å². The molecular weight excluding hydrogens is 618 g/mol. The highest BCUT2D eigenvalue weighted by Gasteiger charge is 2.49.